The molecule has 0 aliphatic carbocycles. The summed E-state index contributed by atoms with van der Waals surface area (Å²) in [6.07, 6.45) is -14.8. The van der Waals surface area contributed by atoms with Crippen LogP contribution in [0.5, 0.6) is 0 Å². The molecular formula is C18H12BrF9N6. The second kappa shape index (κ2) is 9.03. The maximum Gasteiger partial charge on any atom is 0.433 e. The highest BCUT2D eigenvalue weighted by Crippen LogP contribution is 2.37. The Kier molecular flexibility index (Phi) is 6.83. The van der Waals surface area contributed by atoms with Gasteiger partial charge in [0.1, 0.15) is 10.3 Å². The van der Waals surface area contributed by atoms with E-state index in [2.05, 4.69) is 36.3 Å². The Bertz CT molecular complexity index is 1140. The average molecular weight is 563 g/mol. The van der Waals surface area contributed by atoms with Crippen molar-refractivity contribution < 1.29 is 39.5 Å². The van der Waals surface area contributed by atoms with Crippen LogP contribution in [-0.2, 0) is 38.7 Å². The van der Waals surface area contributed by atoms with Crippen LogP contribution in [-0.4, -0.2) is 25.2 Å². The molecular weight excluding hydrogens is 551 g/mol. The first-order chi connectivity index (χ1) is 15.5. The number of alkyl halides is 9. The van der Waals surface area contributed by atoms with E-state index in [-0.39, 0.29) is 34.3 Å². The van der Waals surface area contributed by atoms with Crippen LogP contribution in [0.1, 0.15) is 27.9 Å². The molecule has 0 bridgehead atoms. The summed E-state index contributed by atoms with van der Waals surface area (Å²) in [5, 5.41) is 11.2. The van der Waals surface area contributed by atoms with Crippen molar-refractivity contribution in [3.05, 3.63) is 62.9 Å². The monoisotopic (exact) mass is 562 g/mol. The SMILES string of the molecule is Cn1nnc(N(Cc2cc(C(F)(F)F)cc(C(F)(F)F)c2)Cc2ccc(C(F)(F)F)nc2Br)n1. The van der Waals surface area contributed by atoms with Crippen LogP contribution in [0.25, 0.3) is 0 Å². The third-order valence-corrected chi connectivity index (χ3v) is 5.07. The fourth-order valence-electron chi connectivity index (χ4n) is 2.87. The normalized spacial score (nSPS) is 12.8. The van der Waals surface area contributed by atoms with E-state index in [1.165, 1.54) is 7.05 Å². The van der Waals surface area contributed by atoms with Crippen LogP contribution >= 0.6 is 15.9 Å². The fraction of sp³-hybridized carbons (Fsp3) is 0.333. The quantitative estimate of drug-likeness (QED) is 0.298. The lowest BCUT2D eigenvalue weighted by Crippen LogP contribution is -2.25. The number of hydrogen-bond donors (Lipinski definition) is 0. The molecule has 0 fully saturated rings. The minimum atomic E-state index is -5.05. The molecule has 0 radical (unpaired) electrons. The number of aromatic nitrogens is 5. The summed E-state index contributed by atoms with van der Waals surface area (Å²) in [5.74, 6) is -0.180. The lowest BCUT2D eigenvalue weighted by Gasteiger charge is -2.23. The Morgan fingerprint density at radius 2 is 1.44 bits per heavy atom. The summed E-state index contributed by atoms with van der Waals surface area (Å²) in [6, 6.07) is 2.83. The molecule has 2 aromatic heterocycles. The highest BCUT2D eigenvalue weighted by Gasteiger charge is 2.37. The van der Waals surface area contributed by atoms with Crippen LogP contribution in [0.2, 0.25) is 0 Å². The molecule has 16 heteroatoms. The lowest BCUT2D eigenvalue weighted by molar-refractivity contribution is -0.143. The van der Waals surface area contributed by atoms with Gasteiger partial charge in [0.2, 0.25) is 0 Å². The van der Waals surface area contributed by atoms with Gasteiger partial charge in [-0.1, -0.05) is 11.2 Å². The summed E-state index contributed by atoms with van der Waals surface area (Å²) >= 11 is 2.91. The fourth-order valence-corrected chi connectivity index (χ4v) is 3.32. The van der Waals surface area contributed by atoms with Gasteiger partial charge in [-0.2, -0.15) is 44.3 Å². The topological polar surface area (TPSA) is 59.7 Å². The number of tetrazole rings is 1. The molecule has 3 rings (SSSR count). The molecule has 0 spiro atoms. The van der Waals surface area contributed by atoms with Crippen LogP contribution < -0.4 is 4.90 Å². The molecule has 0 aliphatic heterocycles. The van der Waals surface area contributed by atoms with Gasteiger partial charge >= 0.3 is 18.5 Å². The predicted octanol–water partition coefficient (Wildman–Crippen LogP) is 5.63. The van der Waals surface area contributed by atoms with Crippen LogP contribution in [0.15, 0.2) is 34.9 Å². The standard InChI is InChI=1S/C18H12BrF9N6/c1-33-31-15(30-32-33)34(8-10-2-3-13(18(26,27)28)29-14(10)19)7-9-4-11(16(20,21)22)6-12(5-9)17(23,24)25/h2-6H,7-8H2,1H3. The Hall–Kier alpha value is -2.91. The zero-order chi connectivity index (χ0) is 25.5. The zero-order valence-corrected chi connectivity index (χ0v) is 18.3. The number of nitrogens with zero attached hydrogens (tertiary/aromatic N) is 6. The van der Waals surface area contributed by atoms with E-state index in [1.54, 1.807) is 0 Å². The van der Waals surface area contributed by atoms with Gasteiger partial charge in [0.25, 0.3) is 5.95 Å². The molecule has 2 heterocycles. The third kappa shape index (κ3) is 6.15. The molecule has 1 aromatic carbocycles. The first kappa shape index (κ1) is 25.7. The summed E-state index contributed by atoms with van der Waals surface area (Å²) in [5.41, 5.74) is -4.46. The second-order valence-electron chi connectivity index (χ2n) is 6.99. The van der Waals surface area contributed by atoms with E-state index >= 15 is 0 Å². The first-order valence-corrected chi connectivity index (χ1v) is 9.83. The minimum absolute atomic E-state index is 0.00914. The average Bonchev–Trinajstić information content (AvgIpc) is 3.13. The molecule has 6 nitrogen and oxygen atoms in total. The van der Waals surface area contributed by atoms with E-state index in [1.807, 2.05) is 0 Å². The molecule has 0 unspecified atom stereocenters. The molecule has 0 aliphatic rings. The van der Waals surface area contributed by atoms with Gasteiger partial charge in [0.15, 0.2) is 0 Å². The maximum atomic E-state index is 13.2. The molecule has 0 N–H and O–H groups in total. The van der Waals surface area contributed by atoms with Crippen molar-refractivity contribution in [2.75, 3.05) is 4.90 Å². The van der Waals surface area contributed by atoms with Crippen molar-refractivity contribution in [2.24, 2.45) is 7.05 Å². The van der Waals surface area contributed by atoms with Crippen LogP contribution in [0.4, 0.5) is 45.5 Å². The lowest BCUT2D eigenvalue weighted by atomic mass is 10.0. The van der Waals surface area contributed by atoms with Crippen molar-refractivity contribution in [1.82, 2.24) is 25.2 Å². The minimum Gasteiger partial charge on any atom is -0.329 e. The van der Waals surface area contributed by atoms with Crippen molar-refractivity contribution >= 4 is 21.9 Å². The highest BCUT2D eigenvalue weighted by molar-refractivity contribution is 9.10. The Morgan fingerprint density at radius 1 is 0.853 bits per heavy atom. The number of hydrogen-bond acceptors (Lipinski definition) is 5. The molecule has 184 valence electrons. The molecule has 0 saturated carbocycles. The maximum absolute atomic E-state index is 13.2. The third-order valence-electron chi connectivity index (χ3n) is 4.38. The van der Waals surface area contributed by atoms with E-state index in [4.69, 9.17) is 0 Å². The Labute approximate surface area is 193 Å². The van der Waals surface area contributed by atoms with Crippen molar-refractivity contribution in [2.45, 2.75) is 31.6 Å². The van der Waals surface area contributed by atoms with Gasteiger partial charge < -0.3 is 4.90 Å². The van der Waals surface area contributed by atoms with Crippen molar-refractivity contribution in [3.8, 4) is 0 Å². The van der Waals surface area contributed by atoms with E-state index in [0.29, 0.717) is 18.2 Å². The second-order valence-corrected chi connectivity index (χ2v) is 7.74. The Balaban J connectivity index is 2.02. The van der Waals surface area contributed by atoms with E-state index in [9.17, 15) is 39.5 Å². The largest absolute Gasteiger partial charge is 0.433 e. The summed E-state index contributed by atoms with van der Waals surface area (Å²) in [4.78, 5) is 5.55. The number of benzene rings is 1. The molecule has 34 heavy (non-hydrogen) atoms. The summed E-state index contributed by atoms with van der Waals surface area (Å²) in [7, 11) is 1.37. The highest BCUT2D eigenvalue weighted by atomic mass is 79.9. The number of rotatable bonds is 5. The van der Waals surface area contributed by atoms with Gasteiger partial charge in [0.05, 0.1) is 18.2 Å². The number of pyridine rings is 1. The smallest absolute Gasteiger partial charge is 0.329 e. The van der Waals surface area contributed by atoms with Crippen molar-refractivity contribution in [1.29, 1.82) is 0 Å². The van der Waals surface area contributed by atoms with E-state index in [0.717, 1.165) is 15.8 Å². The Morgan fingerprint density at radius 3 is 1.88 bits per heavy atom. The van der Waals surface area contributed by atoms with Crippen LogP contribution in [0.3, 0.4) is 0 Å². The molecule has 3 aromatic rings. The number of aryl methyl sites for hydroxylation is 1. The predicted molar refractivity (Wildman–Crippen MR) is 102 cm³/mol. The number of anilines is 1. The molecule has 0 saturated heterocycles. The van der Waals surface area contributed by atoms with Gasteiger partial charge in [-0.15, -0.1) is 5.10 Å². The van der Waals surface area contributed by atoms with Crippen LogP contribution in [0, 0.1) is 0 Å². The van der Waals surface area contributed by atoms with Crippen molar-refractivity contribution in [3.63, 3.8) is 0 Å². The summed E-state index contributed by atoms with van der Waals surface area (Å²) < 4.78 is 118. The van der Waals surface area contributed by atoms with Gasteiger partial charge in [-0.3, -0.25) is 0 Å². The van der Waals surface area contributed by atoms with Gasteiger partial charge in [-0.25, -0.2) is 4.98 Å². The zero-order valence-electron chi connectivity index (χ0n) is 16.8. The summed E-state index contributed by atoms with van der Waals surface area (Å²) in [6.45, 7) is -0.860. The van der Waals surface area contributed by atoms with E-state index < -0.39 is 41.9 Å². The molecule has 0 amide bonds. The molecule has 0 atom stereocenters. The van der Waals surface area contributed by atoms with Gasteiger partial charge in [0, 0.05) is 18.7 Å². The first-order valence-electron chi connectivity index (χ1n) is 9.04. The van der Waals surface area contributed by atoms with Gasteiger partial charge in [-0.05, 0) is 51.0 Å². The number of halogens is 10.